The van der Waals surface area contributed by atoms with E-state index in [0.29, 0.717) is 5.57 Å². The summed E-state index contributed by atoms with van der Waals surface area (Å²) in [5.41, 5.74) is 2.89. The molecule has 0 unspecified atom stereocenters. The van der Waals surface area contributed by atoms with E-state index in [4.69, 9.17) is 10.4 Å². The summed E-state index contributed by atoms with van der Waals surface area (Å²) >= 11 is 0. The van der Waals surface area contributed by atoms with Gasteiger partial charge in [0.15, 0.2) is 0 Å². The Labute approximate surface area is 121 Å². The number of nitrogens with zero attached hydrogens (tertiary/aromatic N) is 1. The van der Waals surface area contributed by atoms with Crippen LogP contribution in [0.1, 0.15) is 25.0 Å². The van der Waals surface area contributed by atoms with Gasteiger partial charge in [-0.05, 0) is 31.9 Å². The maximum Gasteiger partial charge on any atom is 0.330 e. The largest absolute Gasteiger partial charge is 0.478 e. The van der Waals surface area contributed by atoms with Gasteiger partial charge in [0.1, 0.15) is 0 Å². The standard InChI is InChI=1S/C9H10.C5H8O2.C3H3N/c1-3-9-7-5-4-6-8(9)2;1-3-4(2)5(6)7;1-2-3-4/h3-7H,1H2,2H3;3H,1-2H3,(H,6,7);2H,1H2. The summed E-state index contributed by atoms with van der Waals surface area (Å²) in [6, 6.07) is 9.88. The summed E-state index contributed by atoms with van der Waals surface area (Å²) < 4.78 is 0. The van der Waals surface area contributed by atoms with Gasteiger partial charge in [0.05, 0.1) is 6.07 Å². The summed E-state index contributed by atoms with van der Waals surface area (Å²) in [5, 5.41) is 15.6. The van der Waals surface area contributed by atoms with Crippen LogP contribution in [0.2, 0.25) is 0 Å². The normalized spacial score (nSPS) is 8.80. The van der Waals surface area contributed by atoms with E-state index in [1.807, 2.05) is 18.2 Å². The molecule has 0 bridgehead atoms. The second-order valence-electron chi connectivity index (χ2n) is 3.67. The highest BCUT2D eigenvalue weighted by atomic mass is 16.4. The number of benzene rings is 1. The first kappa shape index (κ1) is 19.7. The van der Waals surface area contributed by atoms with E-state index in [1.165, 1.54) is 17.2 Å². The molecule has 0 fully saturated rings. The van der Waals surface area contributed by atoms with E-state index in [-0.39, 0.29) is 0 Å². The average molecular weight is 271 g/mol. The van der Waals surface area contributed by atoms with Crippen LogP contribution in [-0.2, 0) is 4.79 Å². The molecule has 0 aliphatic heterocycles. The number of carboxylic acid groups (broad SMARTS) is 1. The van der Waals surface area contributed by atoms with Gasteiger partial charge in [-0.25, -0.2) is 4.79 Å². The van der Waals surface area contributed by atoms with Gasteiger partial charge < -0.3 is 5.11 Å². The van der Waals surface area contributed by atoms with E-state index in [0.717, 1.165) is 0 Å². The van der Waals surface area contributed by atoms with Gasteiger partial charge in [0.2, 0.25) is 0 Å². The van der Waals surface area contributed by atoms with Crippen molar-refractivity contribution in [1.29, 1.82) is 5.26 Å². The summed E-state index contributed by atoms with van der Waals surface area (Å²) in [5.74, 6) is -0.845. The van der Waals surface area contributed by atoms with Crippen molar-refractivity contribution in [2.75, 3.05) is 0 Å². The van der Waals surface area contributed by atoms with Crippen LogP contribution in [0.4, 0.5) is 0 Å². The number of nitriles is 1. The van der Waals surface area contributed by atoms with Crippen molar-refractivity contribution in [3.63, 3.8) is 0 Å². The van der Waals surface area contributed by atoms with Crippen molar-refractivity contribution in [2.45, 2.75) is 20.8 Å². The van der Waals surface area contributed by atoms with E-state index < -0.39 is 5.97 Å². The maximum atomic E-state index is 9.86. The van der Waals surface area contributed by atoms with E-state index >= 15 is 0 Å². The van der Waals surface area contributed by atoms with Gasteiger partial charge in [-0.3, -0.25) is 0 Å². The fourth-order valence-electron chi connectivity index (χ4n) is 0.939. The van der Waals surface area contributed by atoms with E-state index in [2.05, 4.69) is 32.2 Å². The van der Waals surface area contributed by atoms with E-state index in [1.54, 1.807) is 26.0 Å². The van der Waals surface area contributed by atoms with Gasteiger partial charge >= 0.3 is 5.97 Å². The second kappa shape index (κ2) is 12.8. The lowest BCUT2D eigenvalue weighted by atomic mass is 10.1. The Morgan fingerprint density at radius 1 is 1.35 bits per heavy atom. The number of hydrogen-bond acceptors (Lipinski definition) is 2. The molecule has 0 aliphatic carbocycles. The average Bonchev–Trinajstić information content (AvgIpc) is 2.47. The fourth-order valence-corrected chi connectivity index (χ4v) is 0.939. The molecule has 0 atom stereocenters. The van der Waals surface area contributed by atoms with Gasteiger partial charge in [-0.15, -0.1) is 0 Å². The topological polar surface area (TPSA) is 61.1 Å². The molecule has 106 valence electrons. The third kappa shape index (κ3) is 10.5. The molecule has 0 aromatic heterocycles. The molecule has 0 amide bonds. The lowest BCUT2D eigenvalue weighted by Gasteiger charge is -1.95. The number of aryl methyl sites for hydroxylation is 1. The number of hydrogen-bond donors (Lipinski definition) is 1. The van der Waals surface area contributed by atoms with Crippen molar-refractivity contribution < 1.29 is 9.90 Å². The summed E-state index contributed by atoms with van der Waals surface area (Å²) in [6.07, 6.45) is 4.61. The van der Waals surface area contributed by atoms with Gasteiger partial charge in [-0.2, -0.15) is 5.26 Å². The molecule has 3 nitrogen and oxygen atoms in total. The molecular weight excluding hydrogens is 250 g/mol. The minimum Gasteiger partial charge on any atom is -0.478 e. The molecule has 0 aliphatic rings. The Hall–Kier alpha value is -2.60. The molecule has 1 N–H and O–H groups in total. The molecule has 20 heavy (non-hydrogen) atoms. The minimum atomic E-state index is -0.845. The summed E-state index contributed by atoms with van der Waals surface area (Å²) in [6.45, 7) is 12.1. The van der Waals surface area contributed by atoms with E-state index in [9.17, 15) is 4.79 Å². The van der Waals surface area contributed by atoms with Crippen LogP contribution in [-0.4, -0.2) is 11.1 Å². The monoisotopic (exact) mass is 271 g/mol. The Bertz CT molecular complexity index is 508. The van der Waals surface area contributed by atoms with Crippen LogP contribution in [0.15, 0.2) is 55.1 Å². The summed E-state index contributed by atoms with van der Waals surface area (Å²) in [4.78, 5) is 9.86. The highest BCUT2D eigenvalue weighted by Gasteiger charge is 1.93. The maximum absolute atomic E-state index is 9.86. The predicted molar refractivity (Wildman–Crippen MR) is 84.1 cm³/mol. The third-order valence-electron chi connectivity index (χ3n) is 2.27. The number of rotatable bonds is 2. The van der Waals surface area contributed by atoms with Crippen LogP contribution >= 0.6 is 0 Å². The Morgan fingerprint density at radius 2 is 1.85 bits per heavy atom. The zero-order valence-corrected chi connectivity index (χ0v) is 12.3. The number of carbonyl (C=O) groups is 1. The number of carboxylic acids is 1. The Kier molecular flexibility index (Phi) is 12.7. The Morgan fingerprint density at radius 3 is 2.05 bits per heavy atom. The molecule has 1 aromatic rings. The molecular formula is C17H21NO2. The van der Waals surface area contributed by atoms with Crippen LogP contribution in [0.25, 0.3) is 6.08 Å². The smallest absolute Gasteiger partial charge is 0.330 e. The predicted octanol–water partition coefficient (Wildman–Crippen LogP) is 4.37. The van der Waals surface area contributed by atoms with Crippen molar-refractivity contribution in [3.05, 3.63) is 66.3 Å². The first-order valence-electron chi connectivity index (χ1n) is 5.99. The van der Waals surface area contributed by atoms with Crippen LogP contribution in [0, 0.1) is 18.3 Å². The highest BCUT2D eigenvalue weighted by molar-refractivity contribution is 5.85. The van der Waals surface area contributed by atoms with Crippen molar-refractivity contribution >= 4 is 12.0 Å². The first-order chi connectivity index (χ1) is 9.44. The first-order valence-corrected chi connectivity index (χ1v) is 5.99. The molecule has 0 saturated heterocycles. The van der Waals surface area contributed by atoms with Crippen LogP contribution in [0.3, 0.4) is 0 Å². The molecule has 0 saturated carbocycles. The SMILES string of the molecule is C=CC#N.C=Cc1ccccc1C.CC=C(C)C(=O)O. The van der Waals surface area contributed by atoms with Crippen molar-refractivity contribution in [2.24, 2.45) is 0 Å². The molecule has 0 radical (unpaired) electrons. The zero-order chi connectivity index (χ0) is 16.0. The minimum absolute atomic E-state index is 0.389. The van der Waals surface area contributed by atoms with Crippen molar-refractivity contribution in [3.8, 4) is 6.07 Å². The molecule has 1 aromatic carbocycles. The molecule has 0 heterocycles. The highest BCUT2D eigenvalue weighted by Crippen LogP contribution is 2.06. The van der Waals surface area contributed by atoms with Gasteiger partial charge in [0, 0.05) is 11.6 Å². The molecule has 0 spiro atoms. The van der Waals surface area contributed by atoms with Gasteiger partial charge in [-0.1, -0.05) is 49.6 Å². The third-order valence-corrected chi connectivity index (χ3v) is 2.27. The van der Waals surface area contributed by atoms with Crippen LogP contribution < -0.4 is 0 Å². The lowest BCUT2D eigenvalue weighted by Crippen LogP contribution is -1.93. The number of aliphatic carboxylic acids is 1. The van der Waals surface area contributed by atoms with Crippen LogP contribution in [0.5, 0.6) is 0 Å². The summed E-state index contributed by atoms with van der Waals surface area (Å²) in [7, 11) is 0. The fraction of sp³-hybridized carbons (Fsp3) is 0.176. The second-order valence-corrected chi connectivity index (χ2v) is 3.67. The lowest BCUT2D eigenvalue weighted by molar-refractivity contribution is -0.132. The van der Waals surface area contributed by atoms with Crippen molar-refractivity contribution in [1.82, 2.24) is 0 Å². The number of allylic oxidation sites excluding steroid dienone is 2. The zero-order valence-electron chi connectivity index (χ0n) is 12.3. The molecule has 1 rings (SSSR count). The molecule has 3 heteroatoms. The Balaban J connectivity index is 0. The quantitative estimate of drug-likeness (QED) is 0.641. The van der Waals surface area contributed by atoms with Gasteiger partial charge in [0.25, 0.3) is 0 Å².